The van der Waals surface area contributed by atoms with Crippen LogP contribution in [0, 0.1) is 0 Å². The number of rotatable bonds is 7. The van der Waals surface area contributed by atoms with E-state index in [0.29, 0.717) is 51.3 Å². The van der Waals surface area contributed by atoms with Gasteiger partial charge in [0.1, 0.15) is 6.61 Å². The Kier molecular flexibility index (Phi) is 5.56. The lowest BCUT2D eigenvalue weighted by molar-refractivity contribution is 0.122. The van der Waals surface area contributed by atoms with E-state index in [-0.39, 0.29) is 18.6 Å². The minimum atomic E-state index is 0.171. The van der Waals surface area contributed by atoms with E-state index in [1.54, 1.807) is 6.21 Å². The van der Waals surface area contributed by atoms with Crippen LogP contribution in [0.25, 0.3) is 10.9 Å². The molecule has 1 saturated heterocycles. The summed E-state index contributed by atoms with van der Waals surface area (Å²) in [4.78, 5) is 22.7. The fraction of sp³-hybridized carbons (Fsp3) is 0.350. The average Bonchev–Trinajstić information content (AvgIpc) is 3.49. The van der Waals surface area contributed by atoms with Gasteiger partial charge >= 0.3 is 6.01 Å². The first-order chi connectivity index (χ1) is 15.3. The highest BCUT2D eigenvalue weighted by molar-refractivity contribution is 5.99. The van der Waals surface area contributed by atoms with E-state index >= 15 is 0 Å². The molecule has 0 spiro atoms. The van der Waals surface area contributed by atoms with Gasteiger partial charge in [0.05, 0.1) is 26.0 Å². The molecule has 5 rings (SSSR count). The summed E-state index contributed by atoms with van der Waals surface area (Å²) in [5.41, 5.74) is 4.89. The Bertz CT molecular complexity index is 1110. The molecule has 2 aliphatic rings. The number of nitrogens with one attached hydrogen (secondary N) is 2. The van der Waals surface area contributed by atoms with Gasteiger partial charge in [0.15, 0.2) is 6.61 Å². The number of aromatic amines is 1. The maximum atomic E-state index is 5.70. The van der Waals surface area contributed by atoms with Gasteiger partial charge in [0.2, 0.25) is 11.8 Å². The first-order valence-electron chi connectivity index (χ1n) is 10.1. The highest BCUT2D eigenvalue weighted by Crippen LogP contribution is 2.18. The Morgan fingerprint density at radius 2 is 2.06 bits per heavy atom. The van der Waals surface area contributed by atoms with Crippen molar-refractivity contribution in [2.45, 2.75) is 0 Å². The smallest absolute Gasteiger partial charge is 0.323 e. The van der Waals surface area contributed by atoms with Gasteiger partial charge < -0.3 is 24.1 Å². The van der Waals surface area contributed by atoms with Gasteiger partial charge in [-0.3, -0.25) is 0 Å². The Labute approximate surface area is 178 Å². The summed E-state index contributed by atoms with van der Waals surface area (Å²) in [5.74, 6) is 1.34. The standard InChI is InChI=1S/C20H22N8O3/c1-2-4-16-15(3-1)14(11-22-16)12-23-27-18-24-19(28-6-9-29-10-7-28)26-20(25-18)31-13-17-21-5-8-30-17/h1-4,11-12,22H,5-10,13H2,(H,24,25,26,27)/b23-12+. The number of benzene rings is 1. The molecule has 0 bridgehead atoms. The number of nitrogens with zero attached hydrogens (tertiary/aromatic N) is 6. The lowest BCUT2D eigenvalue weighted by atomic mass is 10.2. The maximum absolute atomic E-state index is 5.70. The topological polar surface area (TPSA) is 122 Å². The van der Waals surface area contributed by atoms with Gasteiger partial charge in [-0.15, -0.1) is 0 Å². The number of hydrazone groups is 1. The molecule has 0 atom stereocenters. The summed E-state index contributed by atoms with van der Waals surface area (Å²) < 4.78 is 16.5. The van der Waals surface area contributed by atoms with Crippen molar-refractivity contribution >= 4 is 34.9 Å². The summed E-state index contributed by atoms with van der Waals surface area (Å²) >= 11 is 0. The van der Waals surface area contributed by atoms with Crippen molar-refractivity contribution in [2.75, 3.05) is 56.4 Å². The average molecular weight is 422 g/mol. The molecule has 4 heterocycles. The summed E-state index contributed by atoms with van der Waals surface area (Å²) in [6.07, 6.45) is 3.62. The van der Waals surface area contributed by atoms with E-state index in [4.69, 9.17) is 14.2 Å². The zero-order valence-corrected chi connectivity index (χ0v) is 16.8. The highest BCUT2D eigenvalue weighted by atomic mass is 16.5. The van der Waals surface area contributed by atoms with Crippen LogP contribution in [0.4, 0.5) is 11.9 Å². The van der Waals surface area contributed by atoms with E-state index in [2.05, 4.69) is 35.5 Å². The van der Waals surface area contributed by atoms with Crippen LogP contribution in [-0.2, 0) is 9.47 Å². The van der Waals surface area contributed by atoms with E-state index in [9.17, 15) is 0 Å². The molecule has 3 aromatic rings. The highest BCUT2D eigenvalue weighted by Gasteiger charge is 2.18. The number of ether oxygens (including phenoxy) is 3. The van der Waals surface area contributed by atoms with Gasteiger partial charge in [-0.05, 0) is 6.07 Å². The molecule has 11 heteroatoms. The molecule has 2 N–H and O–H groups in total. The molecule has 160 valence electrons. The number of morpholine rings is 1. The van der Waals surface area contributed by atoms with Crippen LogP contribution in [-0.4, -0.2) is 78.1 Å². The summed E-state index contributed by atoms with van der Waals surface area (Å²) in [6, 6.07) is 8.21. The largest absolute Gasteiger partial charge is 0.477 e. The number of fused-ring (bicyclic) bond motifs is 1. The number of H-pyrrole nitrogens is 1. The Hall–Kier alpha value is -3.73. The van der Waals surface area contributed by atoms with Crippen LogP contribution in [0.3, 0.4) is 0 Å². The predicted molar refractivity (Wildman–Crippen MR) is 116 cm³/mol. The van der Waals surface area contributed by atoms with Crippen LogP contribution >= 0.6 is 0 Å². The second-order valence-electron chi connectivity index (χ2n) is 6.91. The van der Waals surface area contributed by atoms with E-state index in [0.717, 1.165) is 16.5 Å². The third-order valence-electron chi connectivity index (χ3n) is 4.86. The van der Waals surface area contributed by atoms with Crippen molar-refractivity contribution in [3.05, 3.63) is 36.0 Å². The molecule has 0 saturated carbocycles. The first kappa shape index (κ1) is 19.2. The van der Waals surface area contributed by atoms with Crippen LogP contribution in [0.15, 0.2) is 40.6 Å². The molecule has 11 nitrogen and oxygen atoms in total. The van der Waals surface area contributed by atoms with Crippen molar-refractivity contribution in [1.29, 1.82) is 0 Å². The number of aliphatic imine (C=N–C) groups is 1. The third-order valence-corrected chi connectivity index (χ3v) is 4.86. The van der Waals surface area contributed by atoms with E-state index in [1.807, 2.05) is 35.4 Å². The maximum Gasteiger partial charge on any atom is 0.323 e. The summed E-state index contributed by atoms with van der Waals surface area (Å²) in [7, 11) is 0. The molecule has 2 aromatic heterocycles. The quantitative estimate of drug-likeness (QED) is 0.433. The van der Waals surface area contributed by atoms with Gasteiger partial charge in [0, 0.05) is 35.8 Å². The Morgan fingerprint density at radius 3 is 2.94 bits per heavy atom. The number of aromatic nitrogens is 4. The molecule has 0 amide bonds. The lowest BCUT2D eigenvalue weighted by Crippen LogP contribution is -2.37. The lowest BCUT2D eigenvalue weighted by Gasteiger charge is -2.26. The minimum absolute atomic E-state index is 0.171. The summed E-state index contributed by atoms with van der Waals surface area (Å²) in [5, 5.41) is 5.39. The minimum Gasteiger partial charge on any atom is -0.477 e. The normalized spacial score (nSPS) is 16.5. The number of para-hydroxylation sites is 1. The second kappa shape index (κ2) is 8.96. The molecular formula is C20H22N8O3. The predicted octanol–water partition coefficient (Wildman–Crippen LogP) is 1.44. The molecule has 0 unspecified atom stereocenters. The fourth-order valence-corrected chi connectivity index (χ4v) is 3.32. The van der Waals surface area contributed by atoms with Crippen molar-refractivity contribution in [3.8, 4) is 6.01 Å². The van der Waals surface area contributed by atoms with Crippen molar-refractivity contribution in [2.24, 2.45) is 10.1 Å². The fourth-order valence-electron chi connectivity index (χ4n) is 3.32. The van der Waals surface area contributed by atoms with E-state index in [1.165, 1.54) is 0 Å². The molecule has 1 aromatic carbocycles. The molecule has 31 heavy (non-hydrogen) atoms. The zero-order chi connectivity index (χ0) is 20.9. The van der Waals surface area contributed by atoms with Gasteiger partial charge in [0.25, 0.3) is 5.95 Å². The van der Waals surface area contributed by atoms with Gasteiger partial charge in [-0.25, -0.2) is 10.4 Å². The van der Waals surface area contributed by atoms with Crippen LogP contribution in [0.1, 0.15) is 5.56 Å². The molecule has 0 aliphatic carbocycles. The van der Waals surface area contributed by atoms with Gasteiger partial charge in [-0.1, -0.05) is 18.2 Å². The molecule has 0 radical (unpaired) electrons. The monoisotopic (exact) mass is 422 g/mol. The van der Waals surface area contributed by atoms with Crippen molar-refractivity contribution < 1.29 is 14.2 Å². The molecule has 1 fully saturated rings. The Morgan fingerprint density at radius 1 is 1.16 bits per heavy atom. The van der Waals surface area contributed by atoms with E-state index < -0.39 is 0 Å². The third kappa shape index (κ3) is 4.56. The number of hydrogen-bond acceptors (Lipinski definition) is 10. The second-order valence-corrected chi connectivity index (χ2v) is 6.91. The van der Waals surface area contributed by atoms with Crippen LogP contribution < -0.4 is 15.1 Å². The van der Waals surface area contributed by atoms with Crippen molar-refractivity contribution in [3.63, 3.8) is 0 Å². The SMILES string of the molecule is C(=N\Nc1nc(OCC2=NCCO2)nc(N2CCOCC2)n1)/c1c[nH]c2ccccc12. The molecule has 2 aliphatic heterocycles. The van der Waals surface area contributed by atoms with Crippen LogP contribution in [0.2, 0.25) is 0 Å². The van der Waals surface area contributed by atoms with Crippen LogP contribution in [0.5, 0.6) is 6.01 Å². The number of anilines is 2. The number of hydrogen-bond donors (Lipinski definition) is 2. The zero-order valence-electron chi connectivity index (χ0n) is 16.8. The van der Waals surface area contributed by atoms with Gasteiger partial charge in [-0.2, -0.15) is 20.1 Å². The first-order valence-corrected chi connectivity index (χ1v) is 10.1. The Balaban J connectivity index is 1.34. The van der Waals surface area contributed by atoms with Crippen molar-refractivity contribution in [1.82, 2.24) is 19.9 Å². The summed E-state index contributed by atoms with van der Waals surface area (Å²) in [6.45, 7) is 4.01. The molecular weight excluding hydrogens is 400 g/mol.